The van der Waals surface area contributed by atoms with Gasteiger partial charge in [-0.25, -0.2) is 0 Å². The zero-order valence-corrected chi connectivity index (χ0v) is 10.7. The second-order valence-electron chi connectivity index (χ2n) is 5.32. The molecule has 84 valence electrons. The van der Waals surface area contributed by atoms with E-state index >= 15 is 0 Å². The zero-order chi connectivity index (χ0) is 11.2. The molecule has 0 heterocycles. The molecule has 0 N–H and O–H groups in total. The molecule has 0 aliphatic rings. The molecule has 0 rings (SSSR count). The van der Waals surface area contributed by atoms with Gasteiger partial charge in [0.05, 0.1) is 11.1 Å². The summed E-state index contributed by atoms with van der Waals surface area (Å²) in [6.45, 7) is 13.0. The van der Waals surface area contributed by atoms with E-state index in [0.717, 1.165) is 12.8 Å². The Morgan fingerprint density at radius 3 is 1.21 bits per heavy atom. The predicted octanol–water partition coefficient (Wildman–Crippen LogP) is 4.60. The van der Waals surface area contributed by atoms with Gasteiger partial charge in [0.1, 0.15) is 0 Å². The van der Waals surface area contributed by atoms with Crippen molar-refractivity contribution in [2.24, 2.45) is 10.2 Å². The fourth-order valence-electron chi connectivity index (χ4n) is 1.59. The van der Waals surface area contributed by atoms with E-state index in [1.54, 1.807) is 0 Å². The Morgan fingerprint density at radius 2 is 1.00 bits per heavy atom. The van der Waals surface area contributed by atoms with Gasteiger partial charge in [-0.3, -0.25) is 0 Å². The molecule has 0 fully saturated rings. The summed E-state index contributed by atoms with van der Waals surface area (Å²) in [5.41, 5.74) is 0.0273. The Balaban J connectivity index is 4.26. The van der Waals surface area contributed by atoms with Gasteiger partial charge in [0, 0.05) is 0 Å². The Bertz CT molecular complexity index is 161. The molecule has 0 aromatic heterocycles. The molecule has 0 bridgehead atoms. The average Bonchev–Trinajstić information content (AvgIpc) is 2.01. The molecule has 2 nitrogen and oxygen atoms in total. The first-order chi connectivity index (χ1) is 6.33. The van der Waals surface area contributed by atoms with Crippen molar-refractivity contribution in [2.75, 3.05) is 0 Å². The highest BCUT2D eigenvalue weighted by molar-refractivity contribution is 4.79. The van der Waals surface area contributed by atoms with Crippen molar-refractivity contribution in [1.29, 1.82) is 0 Å². The van der Waals surface area contributed by atoms with Crippen LogP contribution in [0, 0.1) is 0 Å². The summed E-state index contributed by atoms with van der Waals surface area (Å²) >= 11 is 0. The largest absolute Gasteiger partial charge is 0.187 e. The third kappa shape index (κ3) is 6.11. The minimum absolute atomic E-state index is 0.0137. The first-order valence-electron chi connectivity index (χ1n) is 5.77. The van der Waals surface area contributed by atoms with Crippen molar-refractivity contribution < 1.29 is 0 Å². The Morgan fingerprint density at radius 1 is 0.714 bits per heavy atom. The first kappa shape index (κ1) is 13.6. The van der Waals surface area contributed by atoms with Crippen molar-refractivity contribution in [2.45, 2.75) is 78.3 Å². The topological polar surface area (TPSA) is 24.7 Å². The van der Waals surface area contributed by atoms with E-state index in [0.29, 0.717) is 0 Å². The summed E-state index contributed by atoms with van der Waals surface area (Å²) in [6, 6.07) is 0. The lowest BCUT2D eigenvalue weighted by atomic mass is 9.99. The van der Waals surface area contributed by atoms with Gasteiger partial charge >= 0.3 is 0 Å². The Labute approximate surface area is 89.2 Å². The van der Waals surface area contributed by atoms with Crippen LogP contribution < -0.4 is 0 Å². The van der Waals surface area contributed by atoms with Crippen LogP contribution in [0.2, 0.25) is 0 Å². The predicted molar refractivity (Wildman–Crippen MR) is 62.8 cm³/mol. The molecule has 0 saturated heterocycles. The summed E-state index contributed by atoms with van der Waals surface area (Å²) in [5, 5.41) is 8.92. The number of nitrogens with zero attached hydrogens (tertiary/aromatic N) is 2. The lowest BCUT2D eigenvalue weighted by molar-refractivity contribution is 0.383. The third-order valence-electron chi connectivity index (χ3n) is 2.32. The minimum Gasteiger partial charge on any atom is -0.187 e. The van der Waals surface area contributed by atoms with Crippen molar-refractivity contribution in [3.05, 3.63) is 0 Å². The molecule has 0 amide bonds. The van der Waals surface area contributed by atoms with Crippen molar-refractivity contribution >= 4 is 0 Å². The van der Waals surface area contributed by atoms with E-state index in [-0.39, 0.29) is 11.1 Å². The summed E-state index contributed by atoms with van der Waals surface area (Å²) in [7, 11) is 0. The van der Waals surface area contributed by atoms with Gasteiger partial charge in [0.15, 0.2) is 0 Å². The highest BCUT2D eigenvalue weighted by Crippen LogP contribution is 2.22. The molecule has 0 aromatic carbocycles. The van der Waals surface area contributed by atoms with Crippen LogP contribution in [0.5, 0.6) is 0 Å². The standard InChI is InChI=1S/C12H26N2/c1-7-9-11(3,4)13-14-12(5,6)10-8-2/h7-10H2,1-6H3. The first-order valence-corrected chi connectivity index (χ1v) is 5.77. The van der Waals surface area contributed by atoms with Gasteiger partial charge in [-0.05, 0) is 40.5 Å². The maximum Gasteiger partial charge on any atom is 0.0760 e. The Kier molecular flexibility index (Phi) is 5.32. The summed E-state index contributed by atoms with van der Waals surface area (Å²) < 4.78 is 0. The zero-order valence-electron chi connectivity index (χ0n) is 10.7. The number of hydrogen-bond acceptors (Lipinski definition) is 2. The van der Waals surface area contributed by atoms with Crippen LogP contribution in [0.3, 0.4) is 0 Å². The maximum absolute atomic E-state index is 4.46. The fraction of sp³-hybridized carbons (Fsp3) is 1.00. The number of hydrogen-bond donors (Lipinski definition) is 0. The van der Waals surface area contributed by atoms with Gasteiger partial charge < -0.3 is 0 Å². The van der Waals surface area contributed by atoms with Crippen LogP contribution in [0.25, 0.3) is 0 Å². The van der Waals surface area contributed by atoms with Gasteiger partial charge in [-0.15, -0.1) is 0 Å². The summed E-state index contributed by atoms with van der Waals surface area (Å²) in [6.07, 6.45) is 4.55. The van der Waals surface area contributed by atoms with E-state index < -0.39 is 0 Å². The molecule has 0 aliphatic heterocycles. The molecular formula is C12H26N2. The Hall–Kier alpha value is -0.400. The molecule has 0 aliphatic carbocycles. The molecule has 14 heavy (non-hydrogen) atoms. The normalized spacial score (nSPS) is 13.9. The van der Waals surface area contributed by atoms with Gasteiger partial charge in [-0.2, -0.15) is 10.2 Å². The lowest BCUT2D eigenvalue weighted by Crippen LogP contribution is -2.20. The van der Waals surface area contributed by atoms with Crippen LogP contribution in [0.4, 0.5) is 0 Å². The van der Waals surface area contributed by atoms with Crippen molar-refractivity contribution in [3.63, 3.8) is 0 Å². The van der Waals surface area contributed by atoms with Crippen LogP contribution >= 0.6 is 0 Å². The lowest BCUT2D eigenvalue weighted by Gasteiger charge is -2.22. The quantitative estimate of drug-likeness (QED) is 0.557. The SMILES string of the molecule is CCCC(C)(C)N=NC(C)(C)CCC. The number of rotatable bonds is 6. The molecule has 0 radical (unpaired) electrons. The van der Waals surface area contributed by atoms with Crippen molar-refractivity contribution in [1.82, 2.24) is 0 Å². The highest BCUT2D eigenvalue weighted by atomic mass is 15.2. The van der Waals surface area contributed by atoms with E-state index in [1.165, 1.54) is 12.8 Å². The fourth-order valence-corrected chi connectivity index (χ4v) is 1.59. The molecule has 0 saturated carbocycles. The van der Waals surface area contributed by atoms with Crippen LogP contribution in [0.15, 0.2) is 10.2 Å². The van der Waals surface area contributed by atoms with Crippen LogP contribution in [-0.2, 0) is 0 Å². The van der Waals surface area contributed by atoms with Crippen molar-refractivity contribution in [3.8, 4) is 0 Å². The minimum atomic E-state index is 0.0137. The second kappa shape index (κ2) is 5.47. The van der Waals surface area contributed by atoms with E-state index in [4.69, 9.17) is 0 Å². The molecule has 0 spiro atoms. The van der Waals surface area contributed by atoms with E-state index in [1.807, 2.05) is 0 Å². The highest BCUT2D eigenvalue weighted by Gasteiger charge is 2.19. The number of azo groups is 1. The van der Waals surface area contributed by atoms with Gasteiger partial charge in [0.2, 0.25) is 0 Å². The molecule has 0 unspecified atom stereocenters. The van der Waals surface area contributed by atoms with Crippen LogP contribution in [-0.4, -0.2) is 11.1 Å². The summed E-state index contributed by atoms with van der Waals surface area (Å²) in [5.74, 6) is 0. The molecule has 0 atom stereocenters. The second-order valence-corrected chi connectivity index (χ2v) is 5.32. The third-order valence-corrected chi connectivity index (χ3v) is 2.32. The monoisotopic (exact) mass is 198 g/mol. The van der Waals surface area contributed by atoms with E-state index in [2.05, 4.69) is 51.8 Å². The van der Waals surface area contributed by atoms with Gasteiger partial charge in [0.25, 0.3) is 0 Å². The van der Waals surface area contributed by atoms with Crippen LogP contribution in [0.1, 0.15) is 67.2 Å². The summed E-state index contributed by atoms with van der Waals surface area (Å²) in [4.78, 5) is 0. The average molecular weight is 198 g/mol. The maximum atomic E-state index is 4.46. The van der Waals surface area contributed by atoms with E-state index in [9.17, 15) is 0 Å². The van der Waals surface area contributed by atoms with Gasteiger partial charge in [-0.1, -0.05) is 26.7 Å². The molecular weight excluding hydrogens is 172 g/mol. The smallest absolute Gasteiger partial charge is 0.0760 e. The molecule has 0 aromatic rings. The molecule has 2 heteroatoms.